The lowest BCUT2D eigenvalue weighted by molar-refractivity contribution is -0.433. The number of hydrogen-bond acceptors (Lipinski definition) is 0. The number of alkyl halides is 1. The molecule has 0 spiro atoms. The molecule has 0 nitrogen and oxygen atoms in total. The molecule has 0 radical (unpaired) electrons. The zero-order valence-electron chi connectivity index (χ0n) is 6.10. The van der Waals surface area contributed by atoms with Gasteiger partial charge < -0.3 is 0 Å². The molecule has 0 aromatic heterocycles. The van der Waals surface area contributed by atoms with Gasteiger partial charge in [0.1, 0.15) is 11.6 Å². The van der Waals surface area contributed by atoms with Crippen LogP contribution < -0.4 is 0 Å². The Morgan fingerprint density at radius 1 is 1.11 bits per heavy atom. The van der Waals surface area contributed by atoms with Crippen molar-refractivity contribution >= 4 is 0 Å². The van der Waals surface area contributed by atoms with Crippen LogP contribution in [0.5, 0.6) is 0 Å². The molecule has 0 heterocycles. The molecule has 0 N–H and O–H groups in total. The molecule has 0 bridgehead atoms. The van der Waals surface area contributed by atoms with Gasteiger partial charge in [-0.2, -0.15) is 0 Å². The van der Waals surface area contributed by atoms with E-state index < -0.39 is 0 Å². The maximum Gasteiger partial charge on any atom is 0.182 e. The fraction of sp³-hybridized carbons (Fsp3) is 1.00. The molecule has 54 valence electrons. The minimum absolute atomic E-state index is 0.576. The van der Waals surface area contributed by atoms with E-state index in [-0.39, 0.29) is 0 Å². The third-order valence-corrected chi connectivity index (χ3v) is 2.98. The highest BCUT2D eigenvalue weighted by Crippen LogP contribution is 2.23. The smallest absolute Gasteiger partial charge is 0.0570 e. The second-order valence-electron chi connectivity index (χ2n) is 3.15. The monoisotopic (exact) mass is 147 g/mol. The lowest BCUT2D eigenvalue weighted by Crippen LogP contribution is -2.12. The van der Waals surface area contributed by atoms with Gasteiger partial charge in [0.25, 0.3) is 0 Å². The molecule has 1 rings (SSSR count). The van der Waals surface area contributed by atoms with Gasteiger partial charge in [-0.15, -0.1) is 0 Å². The summed E-state index contributed by atoms with van der Waals surface area (Å²) in [5.74, 6) is 0.808. The molecular weight excluding hydrogens is 132 g/mol. The van der Waals surface area contributed by atoms with E-state index in [0.717, 1.165) is 5.92 Å². The van der Waals surface area contributed by atoms with Crippen LogP contribution in [0.4, 0.5) is 0 Å². The summed E-state index contributed by atoms with van der Waals surface area (Å²) in [5, 5.41) is 0.576. The average Bonchev–Trinajstić information content (AvgIpc) is 1.99. The SMILES string of the molecule is CC1CCCCCC1[ClH+]. The first-order valence-corrected chi connectivity index (χ1v) is 4.43. The van der Waals surface area contributed by atoms with Gasteiger partial charge in [-0.1, -0.05) is 19.8 Å². The van der Waals surface area contributed by atoms with Crippen molar-refractivity contribution in [1.29, 1.82) is 0 Å². The van der Waals surface area contributed by atoms with Gasteiger partial charge in [-0.3, -0.25) is 0 Å². The first kappa shape index (κ1) is 7.40. The van der Waals surface area contributed by atoms with E-state index in [1.54, 1.807) is 0 Å². The minimum Gasteiger partial charge on any atom is -0.0570 e. The number of hydrogen-bond donors (Lipinski definition) is 0. The maximum atomic E-state index is 5.30. The second kappa shape index (κ2) is 3.46. The highest BCUT2D eigenvalue weighted by Gasteiger charge is 2.22. The maximum absolute atomic E-state index is 5.30. The Bertz CT molecular complexity index is 70.6. The van der Waals surface area contributed by atoms with Gasteiger partial charge in [0.2, 0.25) is 0 Å². The van der Waals surface area contributed by atoms with Gasteiger partial charge in [0, 0.05) is 12.3 Å². The largest absolute Gasteiger partial charge is 0.182 e. The first-order chi connectivity index (χ1) is 4.30. The Kier molecular flexibility index (Phi) is 2.84. The standard InChI is InChI=1S/C8H16Cl/c1-7-5-3-2-4-6-8(7)9/h7-9H,2-6H2,1H3/q+1. The number of halogens is 1. The van der Waals surface area contributed by atoms with Gasteiger partial charge in [0.05, 0.1) is 0 Å². The molecule has 0 amide bonds. The summed E-state index contributed by atoms with van der Waals surface area (Å²) in [6.07, 6.45) is 6.86. The normalized spacial score (nSPS) is 38.0. The lowest BCUT2D eigenvalue weighted by Gasteiger charge is -2.05. The summed E-state index contributed by atoms with van der Waals surface area (Å²) >= 11 is 5.30. The van der Waals surface area contributed by atoms with Crippen LogP contribution in [0.2, 0.25) is 0 Å². The molecule has 2 unspecified atom stereocenters. The van der Waals surface area contributed by atoms with Crippen LogP contribution in [-0.4, -0.2) is 5.38 Å². The van der Waals surface area contributed by atoms with Crippen molar-refractivity contribution in [2.75, 3.05) is 0 Å². The van der Waals surface area contributed by atoms with Crippen molar-refractivity contribution in [3.8, 4) is 0 Å². The lowest BCUT2D eigenvalue weighted by atomic mass is 10.0. The first-order valence-electron chi connectivity index (χ1n) is 3.96. The van der Waals surface area contributed by atoms with E-state index in [9.17, 15) is 0 Å². The summed E-state index contributed by atoms with van der Waals surface area (Å²) in [6, 6.07) is 0. The Morgan fingerprint density at radius 2 is 1.78 bits per heavy atom. The van der Waals surface area contributed by atoms with Crippen molar-refractivity contribution in [2.24, 2.45) is 5.92 Å². The molecule has 0 aliphatic heterocycles. The fourth-order valence-electron chi connectivity index (χ4n) is 1.46. The third-order valence-electron chi connectivity index (χ3n) is 2.28. The quantitative estimate of drug-likeness (QED) is 0.364. The molecular formula is C8H16Cl+. The molecule has 1 aliphatic rings. The van der Waals surface area contributed by atoms with Gasteiger partial charge >= 0.3 is 0 Å². The number of rotatable bonds is 0. The Balaban J connectivity index is 2.32. The summed E-state index contributed by atoms with van der Waals surface area (Å²) in [4.78, 5) is 0. The van der Waals surface area contributed by atoms with E-state index in [1.165, 1.54) is 32.1 Å². The van der Waals surface area contributed by atoms with Crippen LogP contribution in [0.25, 0.3) is 0 Å². The molecule has 1 saturated carbocycles. The molecule has 0 aromatic carbocycles. The molecule has 1 fully saturated rings. The molecule has 0 aromatic rings. The summed E-state index contributed by atoms with van der Waals surface area (Å²) in [6.45, 7) is 2.29. The van der Waals surface area contributed by atoms with Crippen molar-refractivity contribution in [1.82, 2.24) is 0 Å². The highest BCUT2D eigenvalue weighted by atomic mass is 35.5. The van der Waals surface area contributed by atoms with Crippen LogP contribution in [0.15, 0.2) is 0 Å². The van der Waals surface area contributed by atoms with Crippen molar-refractivity contribution < 1.29 is 11.6 Å². The van der Waals surface area contributed by atoms with E-state index in [4.69, 9.17) is 11.6 Å². The van der Waals surface area contributed by atoms with Crippen LogP contribution in [-0.2, 0) is 0 Å². The fourth-order valence-corrected chi connectivity index (χ4v) is 1.76. The topological polar surface area (TPSA) is 0 Å². The Morgan fingerprint density at radius 3 is 2.56 bits per heavy atom. The predicted octanol–water partition coefficient (Wildman–Crippen LogP) is 2.24. The highest BCUT2D eigenvalue weighted by molar-refractivity contribution is 4.67. The van der Waals surface area contributed by atoms with Crippen LogP contribution in [0.1, 0.15) is 39.0 Å². The molecule has 2 atom stereocenters. The van der Waals surface area contributed by atoms with Crippen LogP contribution >= 0.6 is 0 Å². The minimum atomic E-state index is 0.576. The van der Waals surface area contributed by atoms with Crippen molar-refractivity contribution in [3.63, 3.8) is 0 Å². The summed E-state index contributed by atoms with van der Waals surface area (Å²) in [5.41, 5.74) is 0. The van der Waals surface area contributed by atoms with E-state index in [0.29, 0.717) is 5.38 Å². The van der Waals surface area contributed by atoms with Gasteiger partial charge in [0.15, 0.2) is 5.38 Å². The Labute approximate surface area is 62.6 Å². The van der Waals surface area contributed by atoms with Crippen LogP contribution in [0, 0.1) is 17.5 Å². The molecule has 9 heavy (non-hydrogen) atoms. The zero-order valence-corrected chi connectivity index (χ0v) is 6.91. The third kappa shape index (κ3) is 2.17. The molecule has 0 saturated heterocycles. The van der Waals surface area contributed by atoms with Crippen molar-refractivity contribution in [2.45, 2.75) is 44.4 Å². The zero-order chi connectivity index (χ0) is 6.69. The molecule has 1 aliphatic carbocycles. The molecule has 1 heteroatoms. The Hall–Kier alpha value is 0.290. The predicted molar refractivity (Wildman–Crippen MR) is 37.4 cm³/mol. The summed E-state index contributed by atoms with van der Waals surface area (Å²) in [7, 11) is 0. The van der Waals surface area contributed by atoms with Gasteiger partial charge in [-0.05, 0) is 12.8 Å². The van der Waals surface area contributed by atoms with Crippen LogP contribution in [0.3, 0.4) is 0 Å². The van der Waals surface area contributed by atoms with Gasteiger partial charge in [-0.25, -0.2) is 0 Å². The average molecular weight is 148 g/mol. The van der Waals surface area contributed by atoms with E-state index >= 15 is 0 Å². The second-order valence-corrected chi connectivity index (χ2v) is 3.76. The summed E-state index contributed by atoms with van der Waals surface area (Å²) < 4.78 is 0. The van der Waals surface area contributed by atoms with E-state index in [1.807, 2.05) is 0 Å². The van der Waals surface area contributed by atoms with E-state index in [2.05, 4.69) is 6.92 Å². The van der Waals surface area contributed by atoms with Crippen molar-refractivity contribution in [3.05, 3.63) is 0 Å².